The molecule has 0 bridgehead atoms. The topological polar surface area (TPSA) is 158 Å². The number of ether oxygens (including phenoxy) is 2. The Kier molecular flexibility index (Phi) is 13.6. The number of aromatic nitrogens is 1. The predicted octanol–water partition coefficient (Wildman–Crippen LogP) is 9.15. The van der Waals surface area contributed by atoms with Gasteiger partial charge in [-0.3, -0.25) is 34.8 Å². The SMILES string of the molecule is O=C(C(Cl)Cl)N(Cc1ccc(Oc2ccc([N+](=O)[O-])cc2)cc1)Cc1ccncc1CN(Cc1ccc(Oc2ccc([N+](=O)[O-])cc2)cc1)C(=O)C(Cl)Cl. The number of halogens is 4. The fourth-order valence-electron chi connectivity index (χ4n) is 5.17. The predicted molar refractivity (Wildman–Crippen MR) is 203 cm³/mol. The zero-order valence-corrected chi connectivity index (χ0v) is 31.0. The van der Waals surface area contributed by atoms with Crippen molar-refractivity contribution in [1.82, 2.24) is 14.8 Å². The molecule has 54 heavy (non-hydrogen) atoms. The van der Waals surface area contributed by atoms with Crippen molar-refractivity contribution in [2.75, 3.05) is 0 Å². The minimum Gasteiger partial charge on any atom is -0.457 e. The van der Waals surface area contributed by atoms with Gasteiger partial charge in [-0.1, -0.05) is 70.7 Å². The first-order chi connectivity index (χ1) is 25.9. The van der Waals surface area contributed by atoms with Crippen LogP contribution in [0.2, 0.25) is 0 Å². The maximum Gasteiger partial charge on any atom is 0.269 e. The van der Waals surface area contributed by atoms with Gasteiger partial charge in [-0.05, 0) is 76.9 Å². The quantitative estimate of drug-likeness (QED) is 0.0538. The molecule has 5 rings (SSSR count). The highest BCUT2D eigenvalue weighted by Crippen LogP contribution is 2.27. The largest absolute Gasteiger partial charge is 0.457 e. The Morgan fingerprint density at radius 1 is 0.556 bits per heavy atom. The van der Waals surface area contributed by atoms with E-state index in [1.807, 2.05) is 0 Å². The molecule has 0 aliphatic heterocycles. The van der Waals surface area contributed by atoms with Gasteiger partial charge in [0.2, 0.25) is 0 Å². The number of amides is 2. The third-order valence-electron chi connectivity index (χ3n) is 7.88. The highest BCUT2D eigenvalue weighted by atomic mass is 35.5. The number of carbonyl (C=O) groups is 2. The maximum absolute atomic E-state index is 13.2. The Morgan fingerprint density at radius 3 is 1.26 bits per heavy atom. The maximum atomic E-state index is 13.2. The van der Waals surface area contributed by atoms with E-state index in [9.17, 15) is 29.8 Å². The molecule has 0 aliphatic rings. The minimum atomic E-state index is -1.35. The van der Waals surface area contributed by atoms with Crippen LogP contribution < -0.4 is 9.47 Å². The first-order valence-corrected chi connectivity index (χ1v) is 17.7. The van der Waals surface area contributed by atoms with Gasteiger partial charge < -0.3 is 19.3 Å². The zero-order valence-electron chi connectivity index (χ0n) is 28.0. The van der Waals surface area contributed by atoms with E-state index in [1.54, 1.807) is 67.0 Å². The molecule has 17 heteroatoms. The number of nitrogens with zero attached hydrogens (tertiary/aromatic N) is 5. The van der Waals surface area contributed by atoms with Gasteiger partial charge in [0.05, 0.1) is 9.85 Å². The second-order valence-electron chi connectivity index (χ2n) is 11.6. The van der Waals surface area contributed by atoms with Crippen LogP contribution in [-0.4, -0.2) is 46.1 Å². The first-order valence-electron chi connectivity index (χ1n) is 15.9. The summed E-state index contributed by atoms with van der Waals surface area (Å²) < 4.78 is 11.6. The van der Waals surface area contributed by atoms with E-state index in [4.69, 9.17) is 55.9 Å². The Bertz CT molecular complexity index is 1940. The summed E-state index contributed by atoms with van der Waals surface area (Å²) >= 11 is 24.2. The lowest BCUT2D eigenvalue weighted by Crippen LogP contribution is -2.36. The molecule has 0 saturated carbocycles. The van der Waals surface area contributed by atoms with E-state index in [0.717, 1.165) is 11.1 Å². The number of hydrogen-bond donors (Lipinski definition) is 0. The molecule has 0 fully saturated rings. The zero-order chi connectivity index (χ0) is 38.8. The standard InChI is InChI=1S/C37H29Cl4N5O8/c38-34(39)36(47)43(20-24-1-9-30(10-2-24)53-32-13-5-28(6-14-32)45(49)50)22-26-17-18-42-19-27(26)23-44(37(48)35(40)41)21-25-3-11-31(12-4-25)54-33-15-7-29(8-16-33)46(51)52/h1-19,34-35H,20-23H2. The van der Waals surface area contributed by atoms with Crippen LogP contribution in [0.25, 0.3) is 0 Å². The van der Waals surface area contributed by atoms with Crippen molar-refractivity contribution < 1.29 is 28.9 Å². The lowest BCUT2D eigenvalue weighted by Gasteiger charge is -2.27. The van der Waals surface area contributed by atoms with Crippen molar-refractivity contribution in [2.45, 2.75) is 35.9 Å². The molecule has 0 radical (unpaired) electrons. The minimum absolute atomic E-state index is 0.0425. The molecule has 0 spiro atoms. The number of non-ortho nitro benzene ring substituents is 2. The van der Waals surface area contributed by atoms with Gasteiger partial charge in [-0.15, -0.1) is 0 Å². The third kappa shape index (κ3) is 11.0. The molecule has 0 aliphatic carbocycles. The van der Waals surface area contributed by atoms with Crippen molar-refractivity contribution in [1.29, 1.82) is 0 Å². The second-order valence-corrected chi connectivity index (χ2v) is 13.8. The average molecular weight is 813 g/mol. The summed E-state index contributed by atoms with van der Waals surface area (Å²) in [6.45, 7) is 0.344. The lowest BCUT2D eigenvalue weighted by atomic mass is 10.1. The molecule has 0 N–H and O–H groups in total. The average Bonchev–Trinajstić information content (AvgIpc) is 3.16. The molecule has 1 aromatic heterocycles. The fraction of sp³-hybridized carbons (Fsp3) is 0.162. The Morgan fingerprint density at radius 2 is 0.907 bits per heavy atom. The Balaban J connectivity index is 1.29. The number of rotatable bonds is 16. The van der Waals surface area contributed by atoms with Crippen LogP contribution in [0.3, 0.4) is 0 Å². The number of benzene rings is 4. The molecule has 4 aromatic carbocycles. The molecule has 0 unspecified atom stereocenters. The highest BCUT2D eigenvalue weighted by Gasteiger charge is 2.25. The van der Waals surface area contributed by atoms with Crippen molar-refractivity contribution in [3.63, 3.8) is 0 Å². The summed E-state index contributed by atoms with van der Waals surface area (Å²) in [6.07, 6.45) is 3.15. The summed E-state index contributed by atoms with van der Waals surface area (Å²) in [5.74, 6) is 0.677. The van der Waals surface area contributed by atoms with Crippen LogP contribution in [0.15, 0.2) is 116 Å². The second kappa shape index (κ2) is 18.5. The fourth-order valence-corrected chi connectivity index (χ4v) is 5.73. The Hall–Kier alpha value is -5.47. The molecule has 278 valence electrons. The van der Waals surface area contributed by atoms with Gasteiger partial charge >= 0.3 is 0 Å². The number of pyridine rings is 1. The number of hydrogen-bond acceptors (Lipinski definition) is 9. The van der Waals surface area contributed by atoms with E-state index in [1.165, 1.54) is 58.3 Å². The van der Waals surface area contributed by atoms with Crippen molar-refractivity contribution in [3.8, 4) is 23.0 Å². The van der Waals surface area contributed by atoms with Crippen LogP contribution in [0.5, 0.6) is 23.0 Å². The molecule has 0 atom stereocenters. The molecule has 2 amide bonds. The molecule has 13 nitrogen and oxygen atoms in total. The lowest BCUT2D eigenvalue weighted by molar-refractivity contribution is -0.385. The highest BCUT2D eigenvalue weighted by molar-refractivity contribution is 6.53. The first kappa shape index (κ1) is 39.7. The number of alkyl halides is 4. The molecule has 5 aromatic rings. The summed E-state index contributed by atoms with van der Waals surface area (Å²) in [5, 5.41) is 21.9. The number of nitro groups is 2. The van der Waals surface area contributed by atoms with Crippen LogP contribution >= 0.6 is 46.4 Å². The van der Waals surface area contributed by atoms with Crippen molar-refractivity contribution >= 4 is 69.6 Å². The van der Waals surface area contributed by atoms with E-state index in [-0.39, 0.29) is 37.6 Å². The van der Waals surface area contributed by atoms with Gasteiger partial charge in [0.15, 0.2) is 9.67 Å². The number of carbonyl (C=O) groups excluding carboxylic acids is 2. The van der Waals surface area contributed by atoms with Crippen LogP contribution in [0.1, 0.15) is 22.3 Å². The normalized spacial score (nSPS) is 10.9. The van der Waals surface area contributed by atoms with E-state index >= 15 is 0 Å². The number of nitro benzene ring substituents is 2. The van der Waals surface area contributed by atoms with Gasteiger partial charge in [0.25, 0.3) is 23.2 Å². The van der Waals surface area contributed by atoms with Gasteiger partial charge in [-0.2, -0.15) is 0 Å². The molecule has 1 heterocycles. The summed E-state index contributed by atoms with van der Waals surface area (Å²) in [7, 11) is 0. The molecule has 0 saturated heterocycles. The van der Waals surface area contributed by atoms with Gasteiger partial charge in [0.1, 0.15) is 23.0 Å². The molecular weight excluding hydrogens is 784 g/mol. The summed E-state index contributed by atoms with van der Waals surface area (Å²) in [6, 6.07) is 26.9. The monoisotopic (exact) mass is 811 g/mol. The third-order valence-corrected chi connectivity index (χ3v) is 8.63. The van der Waals surface area contributed by atoms with E-state index in [2.05, 4.69) is 4.98 Å². The van der Waals surface area contributed by atoms with Crippen molar-refractivity contribution in [2.24, 2.45) is 0 Å². The van der Waals surface area contributed by atoms with Crippen LogP contribution in [0, 0.1) is 20.2 Å². The smallest absolute Gasteiger partial charge is 0.269 e. The van der Waals surface area contributed by atoms with Crippen molar-refractivity contribution in [3.05, 3.63) is 158 Å². The van der Waals surface area contributed by atoms with Crippen LogP contribution in [0.4, 0.5) is 11.4 Å². The molecular formula is C37H29Cl4N5O8. The summed E-state index contributed by atoms with van der Waals surface area (Å²) in [5.41, 5.74) is 2.62. The summed E-state index contributed by atoms with van der Waals surface area (Å²) in [4.78, 5) is 51.8. The van der Waals surface area contributed by atoms with Gasteiger partial charge in [-0.25, -0.2) is 0 Å². The Labute approximate surface area is 328 Å². The van der Waals surface area contributed by atoms with E-state index in [0.29, 0.717) is 34.1 Å². The van der Waals surface area contributed by atoms with Crippen LogP contribution in [-0.2, 0) is 35.8 Å². The van der Waals surface area contributed by atoms with Gasteiger partial charge in [0, 0.05) is 62.8 Å². The van der Waals surface area contributed by atoms with E-state index < -0.39 is 31.3 Å².